The van der Waals surface area contributed by atoms with Crippen molar-refractivity contribution in [2.45, 2.75) is 38.6 Å². The number of hydrogen-bond acceptors (Lipinski definition) is 6. The van der Waals surface area contributed by atoms with Gasteiger partial charge in [0.1, 0.15) is 0 Å². The molecular formula is C21H32N2O6. The van der Waals surface area contributed by atoms with Crippen molar-refractivity contribution >= 4 is 11.8 Å². The summed E-state index contributed by atoms with van der Waals surface area (Å²) in [6.45, 7) is 3.99. The highest BCUT2D eigenvalue weighted by Gasteiger charge is 2.19. The summed E-state index contributed by atoms with van der Waals surface area (Å²) in [5, 5.41) is 12.0. The summed E-state index contributed by atoms with van der Waals surface area (Å²) in [5.41, 5.74) is 0.405. The van der Waals surface area contributed by atoms with Crippen LogP contribution in [0.1, 0.15) is 43.0 Å². The molecule has 1 atom stereocenters. The van der Waals surface area contributed by atoms with Crippen LogP contribution in [-0.2, 0) is 9.53 Å². The van der Waals surface area contributed by atoms with Crippen molar-refractivity contribution in [1.82, 2.24) is 10.2 Å². The fourth-order valence-electron chi connectivity index (χ4n) is 3.23. The lowest BCUT2D eigenvalue weighted by atomic mass is 10.1. The Morgan fingerprint density at radius 1 is 1.17 bits per heavy atom. The summed E-state index contributed by atoms with van der Waals surface area (Å²) < 4.78 is 16.4. The maximum Gasteiger partial charge on any atom is 0.260 e. The zero-order chi connectivity index (χ0) is 21.1. The molecule has 2 N–H and O–H groups in total. The third-order valence-corrected chi connectivity index (χ3v) is 4.75. The molecule has 0 saturated carbocycles. The molecule has 2 amide bonds. The van der Waals surface area contributed by atoms with E-state index in [0.717, 1.165) is 32.4 Å². The number of likely N-dealkylation sites (tertiary alicyclic amines) is 1. The Balaban J connectivity index is 2.02. The minimum absolute atomic E-state index is 0.0413. The zero-order valence-corrected chi connectivity index (χ0v) is 17.3. The van der Waals surface area contributed by atoms with E-state index in [1.807, 2.05) is 11.8 Å². The van der Waals surface area contributed by atoms with Crippen LogP contribution in [0.3, 0.4) is 0 Å². The summed E-state index contributed by atoms with van der Waals surface area (Å²) in [6.07, 6.45) is 3.62. The van der Waals surface area contributed by atoms with Crippen molar-refractivity contribution in [3.05, 3.63) is 23.8 Å². The van der Waals surface area contributed by atoms with Crippen LogP contribution in [0.4, 0.5) is 0 Å². The summed E-state index contributed by atoms with van der Waals surface area (Å²) in [4.78, 5) is 26.7. The number of ether oxygens (including phenoxy) is 3. The minimum Gasteiger partial charge on any atom is -0.490 e. The van der Waals surface area contributed by atoms with Crippen LogP contribution in [0.2, 0.25) is 0 Å². The molecule has 2 rings (SSSR count). The van der Waals surface area contributed by atoms with Gasteiger partial charge in [0.2, 0.25) is 0 Å². The molecule has 0 spiro atoms. The number of hydrogen-bond donors (Lipinski definition) is 2. The molecule has 1 saturated heterocycles. The number of amides is 2. The quantitative estimate of drug-likeness (QED) is 0.577. The first-order chi connectivity index (χ1) is 14.1. The number of carbonyl (C=O) groups is 2. The van der Waals surface area contributed by atoms with E-state index in [9.17, 15) is 9.59 Å². The van der Waals surface area contributed by atoms with Gasteiger partial charge in [-0.25, -0.2) is 0 Å². The lowest BCUT2D eigenvalue weighted by molar-refractivity contribution is -0.134. The van der Waals surface area contributed by atoms with E-state index in [2.05, 4.69) is 5.32 Å². The smallest absolute Gasteiger partial charge is 0.260 e. The average molecular weight is 408 g/mol. The molecule has 0 aliphatic carbocycles. The van der Waals surface area contributed by atoms with Crippen LogP contribution in [0.15, 0.2) is 18.2 Å². The van der Waals surface area contributed by atoms with E-state index < -0.39 is 0 Å². The van der Waals surface area contributed by atoms with Crippen LogP contribution in [0, 0.1) is 0 Å². The first-order valence-electron chi connectivity index (χ1n) is 10.2. The molecule has 0 aromatic heterocycles. The summed E-state index contributed by atoms with van der Waals surface area (Å²) in [5.74, 6) is 0.507. The van der Waals surface area contributed by atoms with Gasteiger partial charge in [-0.2, -0.15) is 0 Å². The van der Waals surface area contributed by atoms with Crippen LogP contribution >= 0.6 is 0 Å². The molecule has 29 heavy (non-hydrogen) atoms. The van der Waals surface area contributed by atoms with E-state index in [0.29, 0.717) is 36.7 Å². The Hall–Kier alpha value is -2.32. The topological polar surface area (TPSA) is 97.3 Å². The number of methoxy groups -OCH3 is 1. The number of nitrogens with zero attached hydrogens (tertiary/aromatic N) is 1. The highest BCUT2D eigenvalue weighted by atomic mass is 16.5. The largest absolute Gasteiger partial charge is 0.490 e. The molecule has 1 aliphatic rings. The predicted molar refractivity (Wildman–Crippen MR) is 108 cm³/mol. The molecule has 0 unspecified atom stereocenters. The van der Waals surface area contributed by atoms with E-state index >= 15 is 0 Å². The zero-order valence-electron chi connectivity index (χ0n) is 17.3. The highest BCUT2D eigenvalue weighted by molar-refractivity contribution is 5.95. The number of aliphatic hydroxyl groups excluding tert-OH is 1. The van der Waals surface area contributed by atoms with E-state index in [1.165, 1.54) is 0 Å². The van der Waals surface area contributed by atoms with Gasteiger partial charge in [-0.15, -0.1) is 0 Å². The number of rotatable bonds is 11. The first kappa shape index (κ1) is 23.0. The fourth-order valence-corrected chi connectivity index (χ4v) is 3.23. The molecule has 8 heteroatoms. The Kier molecular flexibility index (Phi) is 9.73. The average Bonchev–Trinajstić information content (AvgIpc) is 2.73. The molecule has 8 nitrogen and oxygen atoms in total. The van der Waals surface area contributed by atoms with Gasteiger partial charge in [0.25, 0.3) is 11.8 Å². The fraction of sp³-hybridized carbons (Fsp3) is 0.619. The summed E-state index contributed by atoms with van der Waals surface area (Å²) >= 11 is 0. The van der Waals surface area contributed by atoms with Gasteiger partial charge >= 0.3 is 0 Å². The predicted octanol–water partition coefficient (Wildman–Crippen LogP) is 1.60. The van der Waals surface area contributed by atoms with Crippen molar-refractivity contribution < 1.29 is 28.9 Å². The first-order valence-corrected chi connectivity index (χ1v) is 10.2. The standard InChI is InChI=1S/C21H32N2O6/c1-3-28-19-13-16(21(26)22-17(9-12-24)14-27-2)7-8-18(19)29-15-20(25)23-10-5-4-6-11-23/h7-8,13,17,24H,3-6,9-12,14-15H2,1-2H3,(H,22,26)/t17-/m1/s1. The van der Waals surface area contributed by atoms with Gasteiger partial charge in [-0.05, 0) is 50.8 Å². The molecular weight excluding hydrogens is 376 g/mol. The number of benzene rings is 1. The molecule has 0 radical (unpaired) electrons. The van der Waals surface area contributed by atoms with E-state index in [4.69, 9.17) is 19.3 Å². The SMILES string of the molecule is CCOc1cc(C(=O)N[C@H](CCO)COC)ccc1OCC(=O)N1CCCCC1. The number of aliphatic hydroxyl groups is 1. The number of nitrogens with one attached hydrogen (secondary N) is 1. The van der Waals surface area contributed by atoms with Crippen molar-refractivity contribution in [1.29, 1.82) is 0 Å². The Morgan fingerprint density at radius 2 is 1.93 bits per heavy atom. The highest BCUT2D eigenvalue weighted by Crippen LogP contribution is 2.29. The number of carbonyl (C=O) groups excluding carboxylic acids is 2. The Bertz CT molecular complexity index is 655. The lowest BCUT2D eigenvalue weighted by Crippen LogP contribution is -2.39. The minimum atomic E-state index is -0.294. The second-order valence-corrected chi connectivity index (χ2v) is 6.96. The van der Waals surface area contributed by atoms with Crippen LogP contribution in [0.5, 0.6) is 11.5 Å². The van der Waals surface area contributed by atoms with Gasteiger partial charge in [0, 0.05) is 32.4 Å². The lowest BCUT2D eigenvalue weighted by Gasteiger charge is -2.26. The second-order valence-electron chi connectivity index (χ2n) is 6.96. The van der Waals surface area contributed by atoms with Crippen molar-refractivity contribution in [3.63, 3.8) is 0 Å². The van der Waals surface area contributed by atoms with E-state index in [-0.39, 0.29) is 31.1 Å². The Morgan fingerprint density at radius 3 is 2.59 bits per heavy atom. The van der Waals surface area contributed by atoms with Crippen LogP contribution < -0.4 is 14.8 Å². The van der Waals surface area contributed by atoms with Gasteiger partial charge in [0.05, 0.1) is 19.3 Å². The van der Waals surface area contributed by atoms with Crippen molar-refractivity contribution in [2.24, 2.45) is 0 Å². The molecule has 1 aromatic rings. The summed E-state index contributed by atoms with van der Waals surface area (Å²) in [6, 6.07) is 4.58. The molecule has 1 aliphatic heterocycles. The Labute approximate surface area is 172 Å². The van der Waals surface area contributed by atoms with Gasteiger partial charge in [-0.3, -0.25) is 9.59 Å². The third kappa shape index (κ3) is 7.21. The van der Waals surface area contributed by atoms with Crippen LogP contribution in [-0.4, -0.2) is 74.5 Å². The van der Waals surface area contributed by atoms with Gasteiger partial charge in [-0.1, -0.05) is 0 Å². The van der Waals surface area contributed by atoms with E-state index in [1.54, 1.807) is 25.3 Å². The van der Waals surface area contributed by atoms with Crippen LogP contribution in [0.25, 0.3) is 0 Å². The molecule has 1 heterocycles. The van der Waals surface area contributed by atoms with Gasteiger partial charge < -0.3 is 29.5 Å². The van der Waals surface area contributed by atoms with Crippen molar-refractivity contribution in [3.8, 4) is 11.5 Å². The molecule has 0 bridgehead atoms. The second kappa shape index (κ2) is 12.3. The molecule has 1 aromatic carbocycles. The molecule has 162 valence electrons. The monoisotopic (exact) mass is 408 g/mol. The maximum atomic E-state index is 12.5. The number of piperidine rings is 1. The maximum absolute atomic E-state index is 12.5. The van der Waals surface area contributed by atoms with Gasteiger partial charge in [0.15, 0.2) is 18.1 Å². The summed E-state index contributed by atoms with van der Waals surface area (Å²) in [7, 11) is 1.54. The third-order valence-electron chi connectivity index (χ3n) is 4.75. The normalized spacial score (nSPS) is 14.9. The van der Waals surface area contributed by atoms with Crippen molar-refractivity contribution in [2.75, 3.05) is 46.6 Å². The molecule has 1 fully saturated rings.